The quantitative estimate of drug-likeness (QED) is 0.464. The maximum atomic E-state index is 13.8. The molecule has 1 aliphatic heterocycles. The summed E-state index contributed by atoms with van der Waals surface area (Å²) >= 11 is 6.19. The van der Waals surface area contributed by atoms with Crippen LogP contribution in [0.1, 0.15) is 43.9 Å². The highest BCUT2D eigenvalue weighted by Crippen LogP contribution is 2.36. The van der Waals surface area contributed by atoms with Crippen LogP contribution in [0.2, 0.25) is 5.02 Å². The number of ether oxygens (including phenoxy) is 1. The van der Waals surface area contributed by atoms with Crippen molar-refractivity contribution in [2.24, 2.45) is 0 Å². The van der Waals surface area contributed by atoms with E-state index in [1.807, 2.05) is 17.0 Å². The number of hydrogen-bond donors (Lipinski definition) is 0. The lowest BCUT2D eigenvalue weighted by Gasteiger charge is -2.37. The predicted octanol–water partition coefficient (Wildman–Crippen LogP) is 4.20. The normalized spacial score (nSPS) is 18.6. The molecule has 0 bridgehead atoms. The summed E-state index contributed by atoms with van der Waals surface area (Å²) in [5.41, 5.74) is 3.08. The van der Waals surface area contributed by atoms with Crippen molar-refractivity contribution in [1.29, 1.82) is 0 Å². The fourth-order valence-corrected chi connectivity index (χ4v) is 6.47. The zero-order chi connectivity index (χ0) is 26.2. The highest BCUT2D eigenvalue weighted by atomic mass is 35.5. The van der Waals surface area contributed by atoms with E-state index in [0.717, 1.165) is 24.8 Å². The molecule has 1 atom stereocenters. The second-order valence-electron chi connectivity index (χ2n) is 9.73. The second kappa shape index (κ2) is 10.5. The van der Waals surface area contributed by atoms with Gasteiger partial charge in [-0.3, -0.25) is 4.79 Å². The Kier molecular flexibility index (Phi) is 7.29. The molecule has 0 saturated carbocycles. The maximum absolute atomic E-state index is 13.8. The van der Waals surface area contributed by atoms with Gasteiger partial charge in [-0.1, -0.05) is 41.9 Å². The number of rotatable bonds is 6. The van der Waals surface area contributed by atoms with E-state index in [1.54, 1.807) is 44.3 Å². The van der Waals surface area contributed by atoms with Gasteiger partial charge in [0.05, 0.1) is 17.1 Å². The number of anilines is 1. The minimum Gasteiger partial charge on any atom is -0.478 e. The highest BCUT2D eigenvalue weighted by Gasteiger charge is 2.32. The standard InChI is InChI=1S/C27H31ClN4O4S/c1-19(2)37(34,35)31-15-13-30(14-16-31)24-18-29-32(22-10-6-9-21(28)17-22)27(33)26(24)36-25-12-5-8-20-7-3-4-11-23(20)25/h3-4,6-7,9-11,17-19,25H,5,8,12-16H2,1-2H3. The minimum atomic E-state index is -3.35. The smallest absolute Gasteiger partial charge is 0.316 e. The number of sulfonamides is 1. The Labute approximate surface area is 222 Å². The van der Waals surface area contributed by atoms with E-state index >= 15 is 0 Å². The van der Waals surface area contributed by atoms with Crippen molar-refractivity contribution in [1.82, 2.24) is 14.1 Å². The van der Waals surface area contributed by atoms with Gasteiger partial charge in [0.1, 0.15) is 11.8 Å². The summed E-state index contributed by atoms with van der Waals surface area (Å²) in [5, 5.41) is 4.47. The SMILES string of the molecule is CC(C)S(=O)(=O)N1CCN(c2cnn(-c3cccc(Cl)c3)c(=O)c2OC2CCCc3ccccc32)CC1. The van der Waals surface area contributed by atoms with Crippen LogP contribution >= 0.6 is 11.6 Å². The van der Waals surface area contributed by atoms with Gasteiger partial charge in [-0.2, -0.15) is 14.1 Å². The van der Waals surface area contributed by atoms with E-state index in [0.29, 0.717) is 42.6 Å². The molecule has 0 amide bonds. The molecular weight excluding hydrogens is 512 g/mol. The number of benzene rings is 2. The molecule has 0 radical (unpaired) electrons. The monoisotopic (exact) mass is 542 g/mol. The topological polar surface area (TPSA) is 84.7 Å². The van der Waals surface area contributed by atoms with Gasteiger partial charge < -0.3 is 9.64 Å². The number of piperazine rings is 1. The zero-order valence-corrected chi connectivity index (χ0v) is 22.6. The van der Waals surface area contributed by atoms with E-state index < -0.39 is 15.3 Å². The van der Waals surface area contributed by atoms with Gasteiger partial charge in [0.25, 0.3) is 0 Å². The van der Waals surface area contributed by atoms with Crippen LogP contribution in [0, 0.1) is 0 Å². The summed E-state index contributed by atoms with van der Waals surface area (Å²) in [5.74, 6) is 0.219. The summed E-state index contributed by atoms with van der Waals surface area (Å²) < 4.78 is 34.7. The van der Waals surface area contributed by atoms with E-state index in [9.17, 15) is 13.2 Å². The first-order valence-electron chi connectivity index (χ1n) is 12.6. The van der Waals surface area contributed by atoms with Crippen LogP contribution in [-0.4, -0.2) is 53.9 Å². The first-order valence-corrected chi connectivity index (χ1v) is 14.5. The van der Waals surface area contributed by atoms with E-state index in [1.165, 1.54) is 14.6 Å². The van der Waals surface area contributed by atoms with Crippen molar-refractivity contribution >= 4 is 27.3 Å². The summed E-state index contributed by atoms with van der Waals surface area (Å²) in [6.45, 7) is 4.93. The largest absolute Gasteiger partial charge is 0.478 e. The van der Waals surface area contributed by atoms with Crippen LogP contribution in [0.3, 0.4) is 0 Å². The van der Waals surface area contributed by atoms with Gasteiger partial charge in [0, 0.05) is 31.2 Å². The molecule has 10 heteroatoms. The van der Waals surface area contributed by atoms with Crippen molar-refractivity contribution in [3.8, 4) is 11.4 Å². The molecule has 2 aliphatic rings. The van der Waals surface area contributed by atoms with E-state index in [4.69, 9.17) is 16.3 Å². The Balaban J connectivity index is 1.52. The highest BCUT2D eigenvalue weighted by molar-refractivity contribution is 7.89. The summed E-state index contributed by atoms with van der Waals surface area (Å²) in [4.78, 5) is 15.8. The Morgan fingerprint density at radius 1 is 1.05 bits per heavy atom. The Morgan fingerprint density at radius 2 is 1.81 bits per heavy atom. The number of aryl methyl sites for hydroxylation is 1. The van der Waals surface area contributed by atoms with Crippen LogP contribution in [0.15, 0.2) is 59.5 Å². The minimum absolute atomic E-state index is 0.219. The Hall–Kier alpha value is -2.88. The molecule has 0 N–H and O–H groups in total. The molecule has 1 aromatic heterocycles. The van der Waals surface area contributed by atoms with Crippen molar-refractivity contribution < 1.29 is 13.2 Å². The van der Waals surface area contributed by atoms with Crippen LogP contribution in [0.4, 0.5) is 5.69 Å². The zero-order valence-electron chi connectivity index (χ0n) is 21.0. The van der Waals surface area contributed by atoms with Gasteiger partial charge in [0.2, 0.25) is 15.8 Å². The van der Waals surface area contributed by atoms with Gasteiger partial charge in [0.15, 0.2) is 0 Å². The molecule has 37 heavy (non-hydrogen) atoms. The third-order valence-corrected chi connectivity index (χ3v) is 9.59. The third kappa shape index (κ3) is 5.12. The lowest BCUT2D eigenvalue weighted by atomic mass is 9.89. The first kappa shape index (κ1) is 25.8. The van der Waals surface area contributed by atoms with Crippen LogP contribution in [0.25, 0.3) is 5.69 Å². The number of nitrogens with zero attached hydrogens (tertiary/aromatic N) is 4. The lowest BCUT2D eigenvalue weighted by molar-refractivity contribution is 0.180. The van der Waals surface area contributed by atoms with Crippen molar-refractivity contribution in [3.63, 3.8) is 0 Å². The predicted molar refractivity (Wildman–Crippen MR) is 145 cm³/mol. The summed E-state index contributed by atoms with van der Waals surface area (Å²) in [7, 11) is -3.35. The number of hydrogen-bond acceptors (Lipinski definition) is 6. The molecule has 3 aromatic rings. The second-order valence-corrected chi connectivity index (χ2v) is 12.7. The molecule has 1 saturated heterocycles. The number of aromatic nitrogens is 2. The molecule has 1 unspecified atom stereocenters. The lowest BCUT2D eigenvalue weighted by Crippen LogP contribution is -2.50. The van der Waals surface area contributed by atoms with E-state index in [2.05, 4.69) is 17.2 Å². The maximum Gasteiger partial charge on any atom is 0.316 e. The van der Waals surface area contributed by atoms with Crippen molar-refractivity contribution in [3.05, 3.63) is 81.2 Å². The van der Waals surface area contributed by atoms with Gasteiger partial charge >= 0.3 is 5.56 Å². The average Bonchev–Trinajstić information content (AvgIpc) is 2.90. The molecular formula is C27H31ClN4O4S. The van der Waals surface area contributed by atoms with Crippen molar-refractivity contribution in [2.75, 3.05) is 31.1 Å². The van der Waals surface area contributed by atoms with Crippen LogP contribution in [-0.2, 0) is 16.4 Å². The molecule has 2 heterocycles. The Morgan fingerprint density at radius 3 is 2.54 bits per heavy atom. The molecule has 5 rings (SSSR count). The molecule has 8 nitrogen and oxygen atoms in total. The molecule has 2 aromatic carbocycles. The fraction of sp³-hybridized carbons (Fsp3) is 0.407. The molecule has 0 spiro atoms. The third-order valence-electron chi connectivity index (χ3n) is 7.08. The van der Waals surface area contributed by atoms with Gasteiger partial charge in [-0.05, 0) is 62.4 Å². The summed E-state index contributed by atoms with van der Waals surface area (Å²) in [6.07, 6.45) is 4.14. The molecule has 196 valence electrons. The molecule has 1 fully saturated rings. The van der Waals surface area contributed by atoms with Gasteiger partial charge in [-0.15, -0.1) is 0 Å². The first-order chi connectivity index (χ1) is 17.8. The number of halogens is 1. The van der Waals surface area contributed by atoms with E-state index in [-0.39, 0.29) is 17.4 Å². The Bertz CT molecular complexity index is 1450. The van der Waals surface area contributed by atoms with Crippen LogP contribution in [0.5, 0.6) is 5.75 Å². The number of fused-ring (bicyclic) bond motifs is 1. The summed E-state index contributed by atoms with van der Waals surface area (Å²) in [6, 6.07) is 15.2. The fourth-order valence-electron chi connectivity index (χ4n) is 5.01. The average molecular weight is 543 g/mol. The molecule has 1 aliphatic carbocycles. The van der Waals surface area contributed by atoms with Gasteiger partial charge in [-0.25, -0.2) is 8.42 Å². The van der Waals surface area contributed by atoms with Crippen molar-refractivity contribution in [2.45, 2.75) is 44.5 Å². The van der Waals surface area contributed by atoms with Crippen LogP contribution < -0.4 is 15.2 Å².